The fourth-order valence-electron chi connectivity index (χ4n) is 2.07. The summed E-state index contributed by atoms with van der Waals surface area (Å²) in [7, 11) is 0. The maximum atomic E-state index is 2.25. The molecule has 0 amide bonds. The molecule has 2 rings (SSSR count). The lowest BCUT2D eigenvalue weighted by molar-refractivity contribution is 1.21. The molecule has 18 heavy (non-hydrogen) atoms. The fourth-order valence-corrected chi connectivity index (χ4v) is 2.07. The number of hydrogen-bond donors (Lipinski definition) is 0. The molecular weight excluding hydrogens is 215 g/mol. The van der Waals surface area contributed by atoms with Crippen LogP contribution in [0.4, 0.5) is 0 Å². The van der Waals surface area contributed by atoms with E-state index in [1.54, 1.807) is 0 Å². The van der Waals surface area contributed by atoms with Crippen molar-refractivity contribution < 1.29 is 0 Å². The van der Waals surface area contributed by atoms with Gasteiger partial charge in [-0.3, -0.25) is 0 Å². The summed E-state index contributed by atoms with van der Waals surface area (Å²) in [5.74, 6) is 0. The highest BCUT2D eigenvalue weighted by Crippen LogP contribution is 2.08. The SMILES string of the molecule is CB(C)c1ccccc1Cc1ccccc1.CC. The first-order chi connectivity index (χ1) is 8.77. The third kappa shape index (κ3) is 4.07. The topological polar surface area (TPSA) is 0 Å². The Hall–Kier alpha value is -1.50. The van der Waals surface area contributed by atoms with E-state index in [1.165, 1.54) is 16.6 Å². The van der Waals surface area contributed by atoms with E-state index in [-0.39, 0.29) is 0 Å². The minimum Gasteiger partial charge on any atom is -0.0819 e. The molecule has 0 aromatic heterocycles. The molecule has 0 aliphatic carbocycles. The van der Waals surface area contributed by atoms with Crippen LogP contribution in [0.1, 0.15) is 25.0 Å². The Morgan fingerprint density at radius 3 is 1.94 bits per heavy atom. The molecule has 2 aromatic carbocycles. The van der Waals surface area contributed by atoms with Gasteiger partial charge < -0.3 is 0 Å². The van der Waals surface area contributed by atoms with Crippen LogP contribution in [0.25, 0.3) is 0 Å². The predicted octanol–water partition coefficient (Wildman–Crippen LogP) is 4.27. The highest BCUT2D eigenvalue weighted by Gasteiger charge is 2.08. The Morgan fingerprint density at radius 1 is 0.778 bits per heavy atom. The van der Waals surface area contributed by atoms with E-state index >= 15 is 0 Å². The first-order valence-corrected chi connectivity index (χ1v) is 6.89. The summed E-state index contributed by atoms with van der Waals surface area (Å²) in [6, 6.07) is 19.4. The van der Waals surface area contributed by atoms with Gasteiger partial charge in [0.2, 0.25) is 0 Å². The number of hydrogen-bond acceptors (Lipinski definition) is 0. The van der Waals surface area contributed by atoms with Crippen molar-refractivity contribution in [3.05, 3.63) is 65.7 Å². The van der Waals surface area contributed by atoms with E-state index in [2.05, 4.69) is 68.2 Å². The van der Waals surface area contributed by atoms with E-state index in [0.29, 0.717) is 6.71 Å². The van der Waals surface area contributed by atoms with Crippen molar-refractivity contribution in [1.29, 1.82) is 0 Å². The molecule has 0 atom stereocenters. The minimum atomic E-state index is 0.597. The maximum absolute atomic E-state index is 2.25. The van der Waals surface area contributed by atoms with Gasteiger partial charge >= 0.3 is 0 Å². The van der Waals surface area contributed by atoms with Gasteiger partial charge in [-0.05, 0) is 17.5 Å². The van der Waals surface area contributed by atoms with Crippen molar-refractivity contribution in [1.82, 2.24) is 0 Å². The summed E-state index contributed by atoms with van der Waals surface area (Å²) >= 11 is 0. The zero-order valence-corrected chi connectivity index (χ0v) is 12.0. The second-order valence-electron chi connectivity index (χ2n) is 4.52. The van der Waals surface area contributed by atoms with Gasteiger partial charge in [-0.25, -0.2) is 0 Å². The van der Waals surface area contributed by atoms with Crippen molar-refractivity contribution >= 4 is 12.2 Å². The summed E-state index contributed by atoms with van der Waals surface area (Å²) in [5, 5.41) is 0. The molecule has 0 nitrogen and oxygen atoms in total. The van der Waals surface area contributed by atoms with Crippen LogP contribution in [0.2, 0.25) is 13.6 Å². The van der Waals surface area contributed by atoms with Crippen molar-refractivity contribution in [3.8, 4) is 0 Å². The van der Waals surface area contributed by atoms with Crippen molar-refractivity contribution in [2.75, 3.05) is 0 Å². The molecule has 1 heteroatoms. The standard InChI is InChI=1S/C15H17B.C2H6/c1-16(2)15-11-7-6-10-14(15)12-13-8-4-3-5-9-13;1-2/h3-11H,12H2,1-2H3;1-2H3. The molecule has 0 N–H and O–H groups in total. The zero-order valence-electron chi connectivity index (χ0n) is 12.0. The third-order valence-corrected chi connectivity index (χ3v) is 2.91. The van der Waals surface area contributed by atoms with Crippen LogP contribution in [0.15, 0.2) is 54.6 Å². The van der Waals surface area contributed by atoms with Gasteiger partial charge in [-0.1, -0.05) is 87.6 Å². The van der Waals surface area contributed by atoms with Crippen LogP contribution in [0.3, 0.4) is 0 Å². The van der Waals surface area contributed by atoms with Crippen LogP contribution >= 0.6 is 0 Å². The summed E-state index contributed by atoms with van der Waals surface area (Å²) in [5.41, 5.74) is 4.30. The molecule has 0 bridgehead atoms. The molecule has 0 spiro atoms. The third-order valence-electron chi connectivity index (χ3n) is 2.91. The van der Waals surface area contributed by atoms with Crippen molar-refractivity contribution in [2.45, 2.75) is 33.9 Å². The molecule has 0 saturated heterocycles. The Kier molecular flexibility index (Phi) is 6.28. The summed E-state index contributed by atoms with van der Waals surface area (Å²) in [6.45, 7) is 9.10. The Labute approximate surface area is 112 Å². The Morgan fingerprint density at radius 2 is 1.33 bits per heavy atom. The van der Waals surface area contributed by atoms with Crippen LogP contribution in [-0.2, 0) is 6.42 Å². The van der Waals surface area contributed by atoms with Gasteiger partial charge in [0.1, 0.15) is 0 Å². The molecule has 0 fully saturated rings. The maximum Gasteiger partial charge on any atom is 0.169 e. The molecule has 2 aromatic rings. The molecule has 0 saturated carbocycles. The van der Waals surface area contributed by atoms with E-state index in [9.17, 15) is 0 Å². The highest BCUT2D eigenvalue weighted by molar-refractivity contribution is 6.71. The second kappa shape index (κ2) is 7.76. The molecule has 0 radical (unpaired) electrons. The lowest BCUT2D eigenvalue weighted by Crippen LogP contribution is -2.26. The lowest BCUT2D eigenvalue weighted by atomic mass is 9.48. The summed E-state index contributed by atoms with van der Waals surface area (Å²) < 4.78 is 0. The molecule has 0 unspecified atom stereocenters. The monoisotopic (exact) mass is 238 g/mol. The average Bonchev–Trinajstić information content (AvgIpc) is 2.42. The lowest BCUT2D eigenvalue weighted by Gasteiger charge is -2.10. The average molecular weight is 238 g/mol. The largest absolute Gasteiger partial charge is 0.169 e. The summed E-state index contributed by atoms with van der Waals surface area (Å²) in [4.78, 5) is 0. The normalized spacial score (nSPS) is 9.33. The van der Waals surface area contributed by atoms with E-state index in [0.717, 1.165) is 6.42 Å². The van der Waals surface area contributed by atoms with Gasteiger partial charge in [0.15, 0.2) is 6.71 Å². The van der Waals surface area contributed by atoms with E-state index in [1.807, 2.05) is 13.8 Å². The van der Waals surface area contributed by atoms with Gasteiger partial charge in [0.05, 0.1) is 0 Å². The Bertz CT molecular complexity index is 446. The minimum absolute atomic E-state index is 0.597. The van der Waals surface area contributed by atoms with E-state index in [4.69, 9.17) is 0 Å². The Balaban J connectivity index is 0.000000771. The molecule has 0 heterocycles. The zero-order chi connectivity index (χ0) is 13.4. The molecule has 94 valence electrons. The first-order valence-electron chi connectivity index (χ1n) is 6.89. The number of rotatable bonds is 3. The molecule has 0 aliphatic rings. The molecular formula is C17H23B. The predicted molar refractivity (Wildman–Crippen MR) is 84.2 cm³/mol. The van der Waals surface area contributed by atoms with Crippen molar-refractivity contribution in [3.63, 3.8) is 0 Å². The van der Waals surface area contributed by atoms with Crippen LogP contribution in [0, 0.1) is 0 Å². The van der Waals surface area contributed by atoms with Gasteiger partial charge in [0.25, 0.3) is 0 Å². The van der Waals surface area contributed by atoms with E-state index < -0.39 is 0 Å². The quantitative estimate of drug-likeness (QED) is 0.700. The molecule has 0 aliphatic heterocycles. The summed E-state index contributed by atoms with van der Waals surface area (Å²) in [6.07, 6.45) is 1.04. The number of benzene rings is 2. The second-order valence-corrected chi connectivity index (χ2v) is 4.52. The smallest absolute Gasteiger partial charge is 0.0819 e. The first kappa shape index (κ1) is 14.6. The van der Waals surface area contributed by atoms with Crippen LogP contribution in [0.5, 0.6) is 0 Å². The van der Waals surface area contributed by atoms with Crippen LogP contribution in [-0.4, -0.2) is 6.71 Å². The fraction of sp³-hybridized carbons (Fsp3) is 0.294. The van der Waals surface area contributed by atoms with Gasteiger partial charge in [0, 0.05) is 0 Å². The van der Waals surface area contributed by atoms with Gasteiger partial charge in [-0.2, -0.15) is 0 Å². The van der Waals surface area contributed by atoms with Crippen LogP contribution < -0.4 is 5.46 Å². The van der Waals surface area contributed by atoms with Gasteiger partial charge in [-0.15, -0.1) is 0 Å². The highest BCUT2D eigenvalue weighted by atomic mass is 14.0. The van der Waals surface area contributed by atoms with Crippen molar-refractivity contribution in [2.24, 2.45) is 0 Å².